The lowest BCUT2D eigenvalue weighted by Gasteiger charge is -2.29. The van der Waals surface area contributed by atoms with E-state index in [0.29, 0.717) is 5.41 Å². The fraction of sp³-hybridized carbons (Fsp3) is 0.450. The van der Waals surface area contributed by atoms with Crippen molar-refractivity contribution in [2.24, 2.45) is 5.41 Å². The molecule has 1 heterocycles. The van der Waals surface area contributed by atoms with Crippen molar-refractivity contribution < 1.29 is 9.30 Å². The zero-order valence-electron chi connectivity index (χ0n) is 14.8. The zero-order chi connectivity index (χ0) is 16.6. The van der Waals surface area contributed by atoms with Gasteiger partial charge in [0.25, 0.3) is 5.01 Å². The van der Waals surface area contributed by atoms with E-state index in [9.17, 15) is 0 Å². The molecule has 0 spiro atoms. The Morgan fingerprint density at radius 2 is 2.09 bits per heavy atom. The highest BCUT2D eigenvalue weighted by Gasteiger charge is 2.25. The third-order valence-corrected chi connectivity index (χ3v) is 5.55. The molecule has 0 saturated carbocycles. The van der Waals surface area contributed by atoms with Crippen LogP contribution in [-0.2, 0) is 6.54 Å². The SMILES string of the molecule is CC[n+]1c(/C=C2/C=C(C)CC(C)(C)C2)sc2ccc(OC)cc21. The molecule has 0 saturated heterocycles. The van der Waals surface area contributed by atoms with Crippen LogP contribution in [0.25, 0.3) is 16.3 Å². The quantitative estimate of drug-likeness (QED) is 0.691. The first-order valence-corrected chi connectivity index (χ1v) is 9.11. The molecule has 0 N–H and O–H groups in total. The van der Waals surface area contributed by atoms with E-state index >= 15 is 0 Å². The lowest BCUT2D eigenvalue weighted by Crippen LogP contribution is -2.33. The van der Waals surface area contributed by atoms with Crippen molar-refractivity contribution in [3.05, 3.63) is 40.4 Å². The summed E-state index contributed by atoms with van der Waals surface area (Å²) in [5.74, 6) is 0.922. The van der Waals surface area contributed by atoms with Gasteiger partial charge in [0.2, 0.25) is 5.52 Å². The molecule has 0 aliphatic heterocycles. The first kappa shape index (κ1) is 16.3. The number of hydrogen-bond donors (Lipinski definition) is 0. The molecule has 2 nitrogen and oxygen atoms in total. The first-order chi connectivity index (χ1) is 10.9. The van der Waals surface area contributed by atoms with Crippen LogP contribution < -0.4 is 9.30 Å². The molecule has 122 valence electrons. The van der Waals surface area contributed by atoms with Crippen molar-refractivity contribution in [3.63, 3.8) is 0 Å². The number of methoxy groups -OCH3 is 1. The summed E-state index contributed by atoms with van der Waals surface area (Å²) in [5, 5.41) is 1.33. The Morgan fingerprint density at radius 3 is 2.74 bits per heavy atom. The molecule has 3 heteroatoms. The molecule has 0 unspecified atom stereocenters. The number of aryl methyl sites for hydroxylation is 1. The molecule has 1 aromatic carbocycles. The highest BCUT2D eigenvalue weighted by atomic mass is 32.1. The molecule has 0 bridgehead atoms. The number of ether oxygens (including phenoxy) is 1. The minimum atomic E-state index is 0.363. The van der Waals surface area contributed by atoms with Gasteiger partial charge in [0, 0.05) is 6.08 Å². The predicted octanol–water partition coefficient (Wildman–Crippen LogP) is 5.37. The second kappa shape index (κ2) is 6.12. The summed E-state index contributed by atoms with van der Waals surface area (Å²) in [6.07, 6.45) is 7.09. The molecule has 0 amide bonds. The summed E-state index contributed by atoms with van der Waals surface area (Å²) in [7, 11) is 1.73. The maximum absolute atomic E-state index is 5.39. The molecule has 1 aliphatic rings. The monoisotopic (exact) mass is 328 g/mol. The molecule has 2 aromatic rings. The summed E-state index contributed by atoms with van der Waals surface area (Å²) >= 11 is 1.86. The molecular formula is C20H26NOS+. The summed E-state index contributed by atoms with van der Waals surface area (Å²) in [5.41, 5.74) is 4.55. The number of rotatable bonds is 3. The minimum Gasteiger partial charge on any atom is -0.497 e. The fourth-order valence-electron chi connectivity index (χ4n) is 3.68. The number of fused-ring (bicyclic) bond motifs is 1. The van der Waals surface area contributed by atoms with E-state index in [1.54, 1.807) is 7.11 Å². The number of hydrogen-bond acceptors (Lipinski definition) is 2. The Labute approximate surface area is 143 Å². The molecule has 0 atom stereocenters. The van der Waals surface area contributed by atoms with Gasteiger partial charge in [-0.2, -0.15) is 4.57 Å². The van der Waals surface area contributed by atoms with Crippen LogP contribution in [-0.4, -0.2) is 7.11 Å². The van der Waals surface area contributed by atoms with Gasteiger partial charge in [-0.25, -0.2) is 0 Å². The van der Waals surface area contributed by atoms with Crippen LogP contribution in [0.5, 0.6) is 5.75 Å². The van der Waals surface area contributed by atoms with E-state index in [2.05, 4.69) is 56.5 Å². The Hall–Kier alpha value is -1.61. The van der Waals surface area contributed by atoms with Gasteiger partial charge in [0.15, 0.2) is 0 Å². The van der Waals surface area contributed by atoms with Crippen molar-refractivity contribution >= 4 is 27.6 Å². The molecule has 3 rings (SSSR count). The average Bonchev–Trinajstić information content (AvgIpc) is 2.80. The zero-order valence-corrected chi connectivity index (χ0v) is 15.6. The average molecular weight is 329 g/mol. The first-order valence-electron chi connectivity index (χ1n) is 8.30. The van der Waals surface area contributed by atoms with Crippen LogP contribution in [0.1, 0.15) is 45.5 Å². The highest BCUT2D eigenvalue weighted by molar-refractivity contribution is 7.18. The van der Waals surface area contributed by atoms with Gasteiger partial charge in [0.1, 0.15) is 17.0 Å². The Balaban J connectivity index is 2.09. The Morgan fingerprint density at radius 1 is 1.30 bits per heavy atom. The van der Waals surface area contributed by atoms with E-state index in [1.165, 1.54) is 32.8 Å². The summed E-state index contributed by atoms with van der Waals surface area (Å²) in [6, 6.07) is 6.35. The third kappa shape index (κ3) is 3.35. The van der Waals surface area contributed by atoms with Gasteiger partial charge < -0.3 is 4.74 Å². The molecule has 0 radical (unpaired) electrons. The lowest BCUT2D eigenvalue weighted by atomic mass is 9.75. The van der Waals surface area contributed by atoms with E-state index in [1.807, 2.05) is 17.4 Å². The smallest absolute Gasteiger partial charge is 0.263 e. The van der Waals surface area contributed by atoms with Crippen LogP contribution in [0.15, 0.2) is 35.4 Å². The number of allylic oxidation sites excluding steroid dienone is 3. The van der Waals surface area contributed by atoms with E-state index < -0.39 is 0 Å². The van der Waals surface area contributed by atoms with Gasteiger partial charge in [-0.05, 0) is 49.8 Å². The predicted molar refractivity (Wildman–Crippen MR) is 99.0 cm³/mol. The van der Waals surface area contributed by atoms with Crippen molar-refractivity contribution in [1.29, 1.82) is 0 Å². The minimum absolute atomic E-state index is 0.363. The lowest BCUT2D eigenvalue weighted by molar-refractivity contribution is -0.665. The topological polar surface area (TPSA) is 13.1 Å². The van der Waals surface area contributed by atoms with Crippen LogP contribution in [0.4, 0.5) is 0 Å². The summed E-state index contributed by atoms with van der Waals surface area (Å²) < 4.78 is 9.09. The van der Waals surface area contributed by atoms with Gasteiger partial charge in [-0.1, -0.05) is 36.8 Å². The normalized spacial score (nSPS) is 19.2. The number of aromatic nitrogens is 1. The van der Waals surface area contributed by atoms with Crippen LogP contribution in [0, 0.1) is 5.41 Å². The molecular weight excluding hydrogens is 302 g/mol. The maximum Gasteiger partial charge on any atom is 0.263 e. The Bertz CT molecular complexity index is 795. The maximum atomic E-state index is 5.39. The molecule has 0 fully saturated rings. The summed E-state index contributed by atoms with van der Waals surface area (Å²) in [6.45, 7) is 10.2. The number of thiazole rings is 1. The van der Waals surface area contributed by atoms with Gasteiger partial charge >= 0.3 is 0 Å². The standard InChI is InChI=1S/C20H26NOS/c1-6-21-17-11-16(22-5)7-8-18(17)23-19(21)10-15-9-14(2)12-20(3,4)13-15/h7-11H,6,12-13H2,1-5H3/q+1/b15-10-. The molecule has 23 heavy (non-hydrogen) atoms. The van der Waals surface area contributed by atoms with Crippen molar-refractivity contribution in [3.8, 4) is 5.75 Å². The van der Waals surface area contributed by atoms with E-state index in [-0.39, 0.29) is 0 Å². The van der Waals surface area contributed by atoms with Crippen molar-refractivity contribution in [2.75, 3.05) is 7.11 Å². The van der Waals surface area contributed by atoms with Gasteiger partial charge in [0.05, 0.1) is 13.2 Å². The van der Waals surface area contributed by atoms with Crippen molar-refractivity contribution in [2.45, 2.75) is 47.1 Å². The van der Waals surface area contributed by atoms with Gasteiger partial charge in [-0.15, -0.1) is 0 Å². The fourth-order valence-corrected chi connectivity index (χ4v) is 4.86. The summed E-state index contributed by atoms with van der Waals surface area (Å²) in [4.78, 5) is 0. The third-order valence-electron chi connectivity index (χ3n) is 4.43. The largest absolute Gasteiger partial charge is 0.497 e. The molecule has 1 aromatic heterocycles. The second-order valence-electron chi connectivity index (χ2n) is 7.25. The number of nitrogens with zero attached hydrogens (tertiary/aromatic N) is 1. The van der Waals surface area contributed by atoms with E-state index in [4.69, 9.17) is 4.74 Å². The van der Waals surface area contributed by atoms with Crippen molar-refractivity contribution in [1.82, 2.24) is 0 Å². The van der Waals surface area contributed by atoms with Gasteiger partial charge in [-0.3, -0.25) is 0 Å². The van der Waals surface area contributed by atoms with Crippen LogP contribution in [0.3, 0.4) is 0 Å². The second-order valence-corrected chi connectivity index (χ2v) is 8.31. The Kier molecular flexibility index (Phi) is 4.33. The van der Waals surface area contributed by atoms with Crippen LogP contribution in [0.2, 0.25) is 0 Å². The number of benzene rings is 1. The highest BCUT2D eigenvalue weighted by Crippen LogP contribution is 2.38. The van der Waals surface area contributed by atoms with E-state index in [0.717, 1.165) is 18.7 Å². The van der Waals surface area contributed by atoms with Crippen LogP contribution >= 0.6 is 11.3 Å². The molecule has 1 aliphatic carbocycles.